The number of methoxy groups -OCH3 is 1. The molecule has 19 heavy (non-hydrogen) atoms. The summed E-state index contributed by atoms with van der Waals surface area (Å²) in [7, 11) is 3.77. The van der Waals surface area contributed by atoms with Crippen molar-refractivity contribution in [3.8, 4) is 0 Å². The molecule has 0 unspecified atom stereocenters. The van der Waals surface area contributed by atoms with Gasteiger partial charge in [-0.05, 0) is 25.7 Å². The van der Waals surface area contributed by atoms with Crippen molar-refractivity contribution < 1.29 is 9.53 Å². The molecule has 2 fully saturated rings. The minimum absolute atomic E-state index is 0.294. The van der Waals surface area contributed by atoms with Gasteiger partial charge in [0.15, 0.2) is 0 Å². The van der Waals surface area contributed by atoms with Crippen LogP contribution in [0.25, 0.3) is 0 Å². The number of amides is 1. The number of piperidine rings is 1. The maximum absolute atomic E-state index is 12.3. The third-order valence-corrected chi connectivity index (χ3v) is 4.74. The molecule has 0 bridgehead atoms. The molecule has 0 aromatic carbocycles. The highest BCUT2D eigenvalue weighted by Gasteiger charge is 2.25. The quantitative estimate of drug-likeness (QED) is 0.780. The molecule has 1 heterocycles. The molecule has 0 spiro atoms. The lowest BCUT2D eigenvalue weighted by Crippen LogP contribution is -2.46. The molecule has 1 aliphatic carbocycles. The first-order valence-electron chi connectivity index (χ1n) is 7.71. The van der Waals surface area contributed by atoms with Crippen molar-refractivity contribution in [2.24, 2.45) is 0 Å². The van der Waals surface area contributed by atoms with E-state index < -0.39 is 0 Å². The monoisotopic (exact) mass is 268 g/mol. The fourth-order valence-electron chi connectivity index (χ4n) is 3.28. The van der Waals surface area contributed by atoms with Gasteiger partial charge < -0.3 is 9.64 Å². The molecule has 0 radical (unpaired) electrons. The second-order valence-electron chi connectivity index (χ2n) is 6.01. The smallest absolute Gasteiger partial charge is 0.236 e. The van der Waals surface area contributed by atoms with Crippen LogP contribution in [0.1, 0.15) is 44.9 Å². The van der Waals surface area contributed by atoms with Gasteiger partial charge in [0, 0.05) is 33.3 Å². The predicted molar refractivity (Wildman–Crippen MR) is 76.1 cm³/mol. The summed E-state index contributed by atoms with van der Waals surface area (Å²) < 4.78 is 5.37. The number of hydrogen-bond acceptors (Lipinski definition) is 3. The van der Waals surface area contributed by atoms with Crippen molar-refractivity contribution in [3.63, 3.8) is 0 Å². The summed E-state index contributed by atoms with van der Waals surface area (Å²) in [5.41, 5.74) is 0. The first kappa shape index (κ1) is 14.8. The molecular formula is C15H28N2O2. The van der Waals surface area contributed by atoms with E-state index in [1.807, 2.05) is 11.9 Å². The lowest BCUT2D eigenvalue weighted by molar-refractivity contribution is -0.134. The van der Waals surface area contributed by atoms with Crippen molar-refractivity contribution in [3.05, 3.63) is 0 Å². The average molecular weight is 268 g/mol. The average Bonchev–Trinajstić information content (AvgIpc) is 2.48. The third-order valence-electron chi connectivity index (χ3n) is 4.74. The van der Waals surface area contributed by atoms with Crippen LogP contribution in [0.15, 0.2) is 0 Å². The summed E-state index contributed by atoms with van der Waals surface area (Å²) in [5, 5.41) is 0. The molecule has 2 rings (SSSR count). The second-order valence-corrected chi connectivity index (χ2v) is 6.01. The number of hydrogen-bond donors (Lipinski definition) is 0. The van der Waals surface area contributed by atoms with E-state index in [0.29, 0.717) is 24.6 Å². The van der Waals surface area contributed by atoms with E-state index in [9.17, 15) is 4.79 Å². The van der Waals surface area contributed by atoms with Gasteiger partial charge in [0.05, 0.1) is 12.6 Å². The first-order chi connectivity index (χ1) is 9.20. The maximum atomic E-state index is 12.3. The van der Waals surface area contributed by atoms with Crippen molar-refractivity contribution in [2.75, 3.05) is 33.8 Å². The zero-order chi connectivity index (χ0) is 13.7. The largest absolute Gasteiger partial charge is 0.381 e. The van der Waals surface area contributed by atoms with E-state index in [-0.39, 0.29) is 0 Å². The normalized spacial score (nSPS) is 23.5. The topological polar surface area (TPSA) is 32.8 Å². The molecule has 0 atom stereocenters. The summed E-state index contributed by atoms with van der Waals surface area (Å²) in [4.78, 5) is 16.6. The van der Waals surface area contributed by atoms with Gasteiger partial charge in [-0.1, -0.05) is 19.3 Å². The molecule has 0 aromatic rings. The summed E-state index contributed by atoms with van der Waals surface area (Å²) >= 11 is 0. The minimum Gasteiger partial charge on any atom is -0.381 e. The van der Waals surface area contributed by atoms with Gasteiger partial charge in [-0.2, -0.15) is 0 Å². The Morgan fingerprint density at radius 2 is 1.79 bits per heavy atom. The van der Waals surface area contributed by atoms with Crippen LogP contribution in [0.3, 0.4) is 0 Å². The zero-order valence-electron chi connectivity index (χ0n) is 12.4. The van der Waals surface area contributed by atoms with Crippen LogP contribution >= 0.6 is 0 Å². The van der Waals surface area contributed by atoms with E-state index in [0.717, 1.165) is 25.9 Å². The molecule has 110 valence electrons. The number of nitrogens with zero attached hydrogens (tertiary/aromatic N) is 2. The SMILES string of the molecule is COC1CCN(CC(=O)N(C)C2CCCCC2)CC1. The number of likely N-dealkylation sites (tertiary alicyclic amines) is 1. The Bertz CT molecular complexity index is 282. The standard InChI is InChI=1S/C15H28N2O2/c1-16(13-6-4-3-5-7-13)15(18)12-17-10-8-14(19-2)9-11-17/h13-14H,3-12H2,1-2H3. The molecule has 1 aliphatic heterocycles. The summed E-state index contributed by atoms with van der Waals surface area (Å²) in [6, 6.07) is 0.484. The Morgan fingerprint density at radius 1 is 1.16 bits per heavy atom. The van der Waals surface area contributed by atoms with Gasteiger partial charge in [0.25, 0.3) is 0 Å². The van der Waals surface area contributed by atoms with E-state index in [1.54, 1.807) is 7.11 Å². The highest BCUT2D eigenvalue weighted by atomic mass is 16.5. The van der Waals surface area contributed by atoms with Crippen molar-refractivity contribution in [2.45, 2.75) is 57.1 Å². The van der Waals surface area contributed by atoms with Crippen LogP contribution in [-0.4, -0.2) is 61.6 Å². The van der Waals surface area contributed by atoms with Crippen molar-refractivity contribution >= 4 is 5.91 Å². The second kappa shape index (κ2) is 7.25. The van der Waals surface area contributed by atoms with E-state index >= 15 is 0 Å². The number of carbonyl (C=O) groups excluding carboxylic acids is 1. The van der Waals surface area contributed by atoms with Crippen LogP contribution in [0.5, 0.6) is 0 Å². The Morgan fingerprint density at radius 3 is 2.37 bits per heavy atom. The van der Waals surface area contributed by atoms with E-state index in [4.69, 9.17) is 4.74 Å². The molecule has 1 saturated carbocycles. The fourth-order valence-corrected chi connectivity index (χ4v) is 3.28. The third kappa shape index (κ3) is 4.18. The Hall–Kier alpha value is -0.610. The Labute approximate surface area is 117 Å². The van der Waals surface area contributed by atoms with Gasteiger partial charge in [-0.25, -0.2) is 0 Å². The highest BCUT2D eigenvalue weighted by Crippen LogP contribution is 2.22. The number of carbonyl (C=O) groups is 1. The zero-order valence-corrected chi connectivity index (χ0v) is 12.4. The lowest BCUT2D eigenvalue weighted by Gasteiger charge is -2.35. The van der Waals surface area contributed by atoms with Gasteiger partial charge in [0.2, 0.25) is 5.91 Å². The molecule has 1 saturated heterocycles. The first-order valence-corrected chi connectivity index (χ1v) is 7.71. The van der Waals surface area contributed by atoms with Crippen LogP contribution < -0.4 is 0 Å². The van der Waals surface area contributed by atoms with Crippen LogP contribution in [0.2, 0.25) is 0 Å². The number of likely N-dealkylation sites (N-methyl/N-ethyl adjacent to an activating group) is 1. The van der Waals surface area contributed by atoms with Gasteiger partial charge in [0.1, 0.15) is 0 Å². The van der Waals surface area contributed by atoms with E-state index in [2.05, 4.69) is 4.90 Å². The molecule has 0 N–H and O–H groups in total. The number of rotatable bonds is 4. The molecule has 0 aromatic heterocycles. The molecule has 2 aliphatic rings. The molecular weight excluding hydrogens is 240 g/mol. The van der Waals surface area contributed by atoms with E-state index in [1.165, 1.54) is 32.1 Å². The molecule has 1 amide bonds. The summed E-state index contributed by atoms with van der Waals surface area (Å²) in [5.74, 6) is 0.294. The van der Waals surface area contributed by atoms with Gasteiger partial charge in [-0.3, -0.25) is 9.69 Å². The van der Waals surface area contributed by atoms with Crippen LogP contribution in [0, 0.1) is 0 Å². The van der Waals surface area contributed by atoms with Crippen molar-refractivity contribution in [1.29, 1.82) is 0 Å². The summed E-state index contributed by atoms with van der Waals surface area (Å²) in [6.07, 6.45) is 8.77. The lowest BCUT2D eigenvalue weighted by atomic mass is 9.94. The van der Waals surface area contributed by atoms with Gasteiger partial charge in [-0.15, -0.1) is 0 Å². The van der Waals surface area contributed by atoms with Crippen LogP contribution in [0.4, 0.5) is 0 Å². The fraction of sp³-hybridized carbons (Fsp3) is 0.933. The summed E-state index contributed by atoms with van der Waals surface area (Å²) in [6.45, 7) is 2.56. The minimum atomic E-state index is 0.294. The Balaban J connectivity index is 1.74. The Kier molecular flexibility index (Phi) is 5.64. The van der Waals surface area contributed by atoms with Gasteiger partial charge >= 0.3 is 0 Å². The van der Waals surface area contributed by atoms with Crippen LogP contribution in [-0.2, 0) is 9.53 Å². The number of ether oxygens (including phenoxy) is 1. The maximum Gasteiger partial charge on any atom is 0.236 e. The highest BCUT2D eigenvalue weighted by molar-refractivity contribution is 5.78. The molecule has 4 nitrogen and oxygen atoms in total. The predicted octanol–water partition coefficient (Wildman–Crippen LogP) is 1.89. The van der Waals surface area contributed by atoms with Crippen molar-refractivity contribution in [1.82, 2.24) is 9.80 Å². The molecule has 4 heteroatoms.